The number of hydrogen-bond donors (Lipinski definition) is 1. The van der Waals surface area contributed by atoms with E-state index in [2.05, 4.69) is 35.0 Å². The van der Waals surface area contributed by atoms with Gasteiger partial charge in [-0.3, -0.25) is 4.79 Å². The maximum atomic E-state index is 12.5. The predicted octanol–water partition coefficient (Wildman–Crippen LogP) is 3.96. The van der Waals surface area contributed by atoms with Gasteiger partial charge in [-0.2, -0.15) is 0 Å². The Bertz CT molecular complexity index is 883. The normalized spacial score (nSPS) is 11.0. The van der Waals surface area contributed by atoms with Crippen LogP contribution >= 0.6 is 0 Å². The fraction of sp³-hybridized carbons (Fsp3) is 0.318. The summed E-state index contributed by atoms with van der Waals surface area (Å²) in [7, 11) is 2.01. The highest BCUT2D eigenvalue weighted by molar-refractivity contribution is 5.89. The monoisotopic (exact) mass is 350 g/mol. The zero-order valence-electron chi connectivity index (χ0n) is 15.5. The first-order valence-corrected chi connectivity index (χ1v) is 9.13. The summed E-state index contributed by atoms with van der Waals surface area (Å²) in [4.78, 5) is 12.5. The van der Waals surface area contributed by atoms with Crippen molar-refractivity contribution in [3.05, 3.63) is 71.4 Å². The molecule has 0 saturated carbocycles. The van der Waals surface area contributed by atoms with Crippen molar-refractivity contribution in [3.63, 3.8) is 0 Å². The Morgan fingerprint density at radius 1 is 1.04 bits per heavy atom. The van der Waals surface area contributed by atoms with Gasteiger partial charge in [0.25, 0.3) is 0 Å². The summed E-state index contributed by atoms with van der Waals surface area (Å²) in [6, 6.07) is 16.3. The van der Waals surface area contributed by atoms with Crippen LogP contribution in [0, 0.1) is 0 Å². The molecular weight excluding hydrogens is 324 g/mol. The van der Waals surface area contributed by atoms with Crippen LogP contribution in [-0.2, 0) is 36.2 Å². The van der Waals surface area contributed by atoms with Crippen LogP contribution in [0.4, 0.5) is 0 Å². The van der Waals surface area contributed by atoms with Crippen molar-refractivity contribution < 1.29 is 9.53 Å². The van der Waals surface area contributed by atoms with E-state index in [9.17, 15) is 4.79 Å². The molecule has 0 atom stereocenters. The first kappa shape index (κ1) is 18.2. The van der Waals surface area contributed by atoms with Crippen LogP contribution in [0.25, 0.3) is 10.9 Å². The maximum Gasteiger partial charge on any atom is 0.224 e. The molecule has 0 aliphatic carbocycles. The molecule has 0 saturated heterocycles. The molecule has 136 valence electrons. The molecule has 0 aliphatic heterocycles. The molecule has 0 fully saturated rings. The quantitative estimate of drug-likeness (QED) is 0.625. The molecular formula is C22H26N2O2. The van der Waals surface area contributed by atoms with E-state index in [1.54, 1.807) is 0 Å². The van der Waals surface area contributed by atoms with E-state index in [1.165, 1.54) is 0 Å². The van der Waals surface area contributed by atoms with Crippen LogP contribution in [0.3, 0.4) is 0 Å². The molecule has 1 N–H and O–H groups in total. The van der Waals surface area contributed by atoms with E-state index in [0.717, 1.165) is 40.6 Å². The molecule has 4 nitrogen and oxygen atoms in total. The zero-order chi connectivity index (χ0) is 18.4. The van der Waals surface area contributed by atoms with Gasteiger partial charge in [0, 0.05) is 37.3 Å². The lowest BCUT2D eigenvalue weighted by Crippen LogP contribution is -2.25. The molecule has 0 bridgehead atoms. The number of fused-ring (bicyclic) bond motifs is 1. The number of nitrogens with one attached hydrogen (secondary N) is 1. The third-order valence-corrected chi connectivity index (χ3v) is 4.53. The second-order valence-electron chi connectivity index (χ2n) is 6.56. The second kappa shape index (κ2) is 8.68. The van der Waals surface area contributed by atoms with Crippen molar-refractivity contribution in [2.45, 2.75) is 32.9 Å². The molecule has 2 aromatic carbocycles. The Hall–Kier alpha value is -2.59. The number of carbonyl (C=O) groups excluding carboxylic acids is 1. The highest BCUT2D eigenvalue weighted by atomic mass is 16.5. The van der Waals surface area contributed by atoms with Gasteiger partial charge < -0.3 is 14.6 Å². The van der Waals surface area contributed by atoms with Gasteiger partial charge in [0.1, 0.15) is 0 Å². The summed E-state index contributed by atoms with van der Waals surface area (Å²) in [5.74, 6) is 0.0330. The number of hydrogen-bond acceptors (Lipinski definition) is 2. The molecule has 3 rings (SSSR count). The minimum atomic E-state index is 0.0330. The number of aryl methyl sites for hydroxylation is 1. The van der Waals surface area contributed by atoms with Crippen molar-refractivity contribution in [2.75, 3.05) is 6.61 Å². The van der Waals surface area contributed by atoms with Gasteiger partial charge in [0.15, 0.2) is 0 Å². The first-order valence-electron chi connectivity index (χ1n) is 9.13. The summed E-state index contributed by atoms with van der Waals surface area (Å²) >= 11 is 0. The molecule has 3 aromatic rings. The van der Waals surface area contributed by atoms with E-state index in [-0.39, 0.29) is 5.91 Å². The fourth-order valence-corrected chi connectivity index (χ4v) is 3.19. The molecule has 0 spiro atoms. The summed E-state index contributed by atoms with van der Waals surface area (Å²) in [5, 5.41) is 4.19. The van der Waals surface area contributed by atoms with Gasteiger partial charge in [-0.1, -0.05) is 49.4 Å². The summed E-state index contributed by atoms with van der Waals surface area (Å²) in [5.41, 5.74) is 4.44. The number of nitrogens with zero attached hydrogens (tertiary/aromatic N) is 1. The van der Waals surface area contributed by atoms with Gasteiger partial charge in [-0.15, -0.1) is 0 Å². The number of para-hydroxylation sites is 1. The van der Waals surface area contributed by atoms with E-state index >= 15 is 0 Å². The Morgan fingerprint density at radius 2 is 1.77 bits per heavy atom. The molecule has 26 heavy (non-hydrogen) atoms. The molecule has 1 aromatic heterocycles. The molecule has 0 aliphatic rings. The lowest BCUT2D eigenvalue weighted by molar-refractivity contribution is -0.120. The third kappa shape index (κ3) is 4.33. The van der Waals surface area contributed by atoms with E-state index in [4.69, 9.17) is 4.74 Å². The van der Waals surface area contributed by atoms with Crippen LogP contribution in [0.15, 0.2) is 54.7 Å². The van der Waals surface area contributed by atoms with Crippen LogP contribution in [0.2, 0.25) is 0 Å². The first-order chi connectivity index (χ1) is 12.7. The van der Waals surface area contributed by atoms with Crippen molar-refractivity contribution in [3.8, 4) is 0 Å². The topological polar surface area (TPSA) is 43.3 Å². The summed E-state index contributed by atoms with van der Waals surface area (Å²) in [6.45, 7) is 3.96. The summed E-state index contributed by atoms with van der Waals surface area (Å²) in [6.07, 6.45) is 3.43. The zero-order valence-corrected chi connectivity index (χ0v) is 15.5. The van der Waals surface area contributed by atoms with Gasteiger partial charge in [0.2, 0.25) is 5.91 Å². The van der Waals surface area contributed by atoms with Crippen LogP contribution < -0.4 is 5.32 Å². The second-order valence-corrected chi connectivity index (χ2v) is 6.56. The highest BCUT2D eigenvalue weighted by Gasteiger charge is 2.11. The van der Waals surface area contributed by atoms with Gasteiger partial charge in [-0.25, -0.2) is 0 Å². The van der Waals surface area contributed by atoms with Crippen molar-refractivity contribution in [1.29, 1.82) is 0 Å². The lowest BCUT2D eigenvalue weighted by Gasteiger charge is -2.11. The third-order valence-electron chi connectivity index (χ3n) is 4.53. The van der Waals surface area contributed by atoms with Crippen LogP contribution in [-0.4, -0.2) is 17.1 Å². The van der Waals surface area contributed by atoms with Crippen molar-refractivity contribution in [1.82, 2.24) is 9.88 Å². The highest BCUT2D eigenvalue weighted by Crippen LogP contribution is 2.20. The smallest absolute Gasteiger partial charge is 0.224 e. The Labute approximate surface area is 154 Å². The number of rotatable bonds is 8. The number of amides is 1. The molecule has 1 amide bonds. The number of benzene rings is 2. The maximum absolute atomic E-state index is 12.5. The number of ether oxygens (including phenoxy) is 1. The number of aromatic nitrogens is 1. The van der Waals surface area contributed by atoms with E-state index < -0.39 is 0 Å². The Kier molecular flexibility index (Phi) is 6.08. The molecule has 0 unspecified atom stereocenters. The molecule has 0 radical (unpaired) electrons. The summed E-state index contributed by atoms with van der Waals surface area (Å²) < 4.78 is 7.72. The Balaban J connectivity index is 1.62. The van der Waals surface area contributed by atoms with Crippen molar-refractivity contribution in [2.24, 2.45) is 7.05 Å². The largest absolute Gasteiger partial charge is 0.377 e. The van der Waals surface area contributed by atoms with Crippen LogP contribution in [0.1, 0.15) is 30.0 Å². The van der Waals surface area contributed by atoms with Gasteiger partial charge in [-0.05, 0) is 29.2 Å². The predicted molar refractivity (Wildman–Crippen MR) is 105 cm³/mol. The van der Waals surface area contributed by atoms with Crippen LogP contribution in [0.5, 0.6) is 0 Å². The van der Waals surface area contributed by atoms with Gasteiger partial charge >= 0.3 is 0 Å². The Morgan fingerprint density at radius 3 is 2.58 bits per heavy atom. The standard InChI is InChI=1S/C22H26N2O2/c1-3-12-26-16-18-9-5-4-8-17(18)14-23-22(25)13-19-15-24(2)21-11-7-6-10-20(19)21/h4-11,15H,3,12-14,16H2,1-2H3,(H,23,25). The average Bonchev–Trinajstić information content (AvgIpc) is 2.97. The number of carbonyl (C=O) groups is 1. The minimum absolute atomic E-state index is 0.0330. The average molecular weight is 350 g/mol. The fourth-order valence-electron chi connectivity index (χ4n) is 3.19. The molecule has 1 heterocycles. The molecule has 4 heteroatoms. The van der Waals surface area contributed by atoms with Gasteiger partial charge in [0.05, 0.1) is 13.0 Å². The lowest BCUT2D eigenvalue weighted by atomic mass is 10.1. The van der Waals surface area contributed by atoms with E-state index in [1.807, 2.05) is 43.6 Å². The van der Waals surface area contributed by atoms with E-state index in [0.29, 0.717) is 19.6 Å². The minimum Gasteiger partial charge on any atom is -0.377 e. The van der Waals surface area contributed by atoms with Crippen molar-refractivity contribution >= 4 is 16.8 Å². The SMILES string of the molecule is CCCOCc1ccccc1CNC(=O)Cc1cn(C)c2ccccc12.